The molecule has 2 unspecified atom stereocenters. The second-order valence-corrected chi connectivity index (χ2v) is 4.41. The van der Waals surface area contributed by atoms with E-state index in [-0.39, 0.29) is 0 Å². The van der Waals surface area contributed by atoms with Gasteiger partial charge in [-0.15, -0.1) is 0 Å². The summed E-state index contributed by atoms with van der Waals surface area (Å²) < 4.78 is 12.0. The van der Waals surface area contributed by atoms with Crippen LogP contribution in [0.5, 0.6) is 0 Å². The number of halogens is 1. The second-order valence-electron chi connectivity index (χ2n) is 3.27. The zero-order valence-corrected chi connectivity index (χ0v) is 8.19. The minimum Gasteiger partial charge on any atom is -0.389 e. The highest BCUT2D eigenvalue weighted by Gasteiger charge is 2.21. The summed E-state index contributed by atoms with van der Waals surface area (Å²) in [6, 6.07) is 0.538. The third-order valence-corrected chi connectivity index (χ3v) is 3.35. The van der Waals surface area contributed by atoms with Crippen molar-refractivity contribution in [3.63, 3.8) is 0 Å². The van der Waals surface area contributed by atoms with Crippen LogP contribution in [0.2, 0.25) is 0 Å². The van der Waals surface area contributed by atoms with Crippen LogP contribution >= 0.6 is 11.8 Å². The molecule has 0 radical (unpaired) electrons. The van der Waals surface area contributed by atoms with Crippen molar-refractivity contribution in [3.05, 3.63) is 0 Å². The fraction of sp³-hybridized carbons (Fsp3) is 1.00. The molecule has 0 bridgehead atoms. The first kappa shape index (κ1) is 10.3. The molecule has 1 aliphatic rings. The summed E-state index contributed by atoms with van der Waals surface area (Å²) in [4.78, 5) is 2.06. The van der Waals surface area contributed by atoms with Gasteiger partial charge in [0.1, 0.15) is 6.67 Å². The first-order valence-corrected chi connectivity index (χ1v) is 5.41. The molecule has 2 atom stereocenters. The summed E-state index contributed by atoms with van der Waals surface area (Å²) in [7, 11) is 1.95. The highest BCUT2D eigenvalue weighted by Crippen LogP contribution is 2.21. The van der Waals surface area contributed by atoms with Crippen molar-refractivity contribution in [2.45, 2.75) is 18.6 Å². The van der Waals surface area contributed by atoms with Gasteiger partial charge in [0.15, 0.2) is 0 Å². The zero-order chi connectivity index (χ0) is 8.97. The molecule has 0 aromatic heterocycles. The Bertz CT molecular complexity index is 130. The summed E-state index contributed by atoms with van der Waals surface area (Å²) in [5, 5.41) is 9.07. The average Bonchev–Trinajstić information content (AvgIpc) is 2.56. The lowest BCUT2D eigenvalue weighted by molar-refractivity contribution is 0.0873. The average molecular weight is 193 g/mol. The molecule has 0 spiro atoms. The molecule has 0 aliphatic carbocycles. The lowest BCUT2D eigenvalue weighted by Gasteiger charge is -2.24. The number of thioether (sulfide) groups is 1. The first-order chi connectivity index (χ1) is 5.74. The van der Waals surface area contributed by atoms with Gasteiger partial charge in [-0.2, -0.15) is 11.8 Å². The molecule has 1 aliphatic heterocycles. The van der Waals surface area contributed by atoms with Crippen LogP contribution in [-0.4, -0.2) is 53.9 Å². The largest absolute Gasteiger partial charge is 0.389 e. The van der Waals surface area contributed by atoms with Crippen molar-refractivity contribution < 1.29 is 9.50 Å². The van der Waals surface area contributed by atoms with Crippen LogP contribution in [0.4, 0.5) is 4.39 Å². The Morgan fingerprint density at radius 2 is 2.50 bits per heavy atom. The number of alkyl halides is 1. The monoisotopic (exact) mass is 193 g/mol. The van der Waals surface area contributed by atoms with E-state index in [4.69, 9.17) is 5.11 Å². The predicted octanol–water partition coefficient (Wildman–Crippen LogP) is 0.754. The van der Waals surface area contributed by atoms with Crippen LogP contribution < -0.4 is 0 Å². The standard InChI is InChI=1S/C8H16FNOS/c1-10(5-8(11)4-9)7-2-3-12-6-7/h7-8,11H,2-6H2,1H3. The van der Waals surface area contributed by atoms with Gasteiger partial charge in [-0.1, -0.05) is 0 Å². The minimum atomic E-state index is -0.805. The van der Waals surface area contributed by atoms with Crippen molar-refractivity contribution in [2.75, 3.05) is 31.8 Å². The van der Waals surface area contributed by atoms with E-state index in [0.717, 1.165) is 5.75 Å². The smallest absolute Gasteiger partial charge is 0.117 e. The van der Waals surface area contributed by atoms with Crippen molar-refractivity contribution in [1.29, 1.82) is 0 Å². The molecule has 1 rings (SSSR count). The van der Waals surface area contributed by atoms with Gasteiger partial charge >= 0.3 is 0 Å². The van der Waals surface area contributed by atoms with Crippen LogP contribution in [0.3, 0.4) is 0 Å². The fourth-order valence-corrected chi connectivity index (χ4v) is 2.70. The molecule has 72 valence electrons. The molecule has 1 saturated heterocycles. The zero-order valence-electron chi connectivity index (χ0n) is 7.37. The first-order valence-electron chi connectivity index (χ1n) is 4.26. The van der Waals surface area contributed by atoms with Crippen molar-refractivity contribution in [3.8, 4) is 0 Å². The molecule has 0 amide bonds. The second kappa shape index (κ2) is 5.04. The van der Waals surface area contributed by atoms with Gasteiger partial charge in [-0.25, -0.2) is 4.39 Å². The SMILES string of the molecule is CN(CC(O)CF)C1CCSC1. The molecule has 4 heteroatoms. The molecule has 0 aromatic carbocycles. The van der Waals surface area contributed by atoms with E-state index in [1.54, 1.807) is 0 Å². The summed E-state index contributed by atoms with van der Waals surface area (Å²) in [6.45, 7) is -0.175. The highest BCUT2D eigenvalue weighted by molar-refractivity contribution is 7.99. The predicted molar refractivity (Wildman–Crippen MR) is 50.3 cm³/mol. The van der Waals surface area contributed by atoms with E-state index in [1.807, 2.05) is 18.8 Å². The Hall–Kier alpha value is 0.200. The Morgan fingerprint density at radius 3 is 3.00 bits per heavy atom. The number of hydrogen-bond donors (Lipinski definition) is 1. The van der Waals surface area contributed by atoms with E-state index in [1.165, 1.54) is 12.2 Å². The minimum absolute atomic E-state index is 0.460. The van der Waals surface area contributed by atoms with Gasteiger partial charge in [0.05, 0.1) is 6.10 Å². The summed E-state index contributed by atoms with van der Waals surface area (Å²) in [5.74, 6) is 2.32. The number of rotatable bonds is 4. The highest BCUT2D eigenvalue weighted by atomic mass is 32.2. The molecule has 12 heavy (non-hydrogen) atoms. The van der Waals surface area contributed by atoms with Crippen molar-refractivity contribution in [2.24, 2.45) is 0 Å². The van der Waals surface area contributed by atoms with Gasteiger partial charge in [-0.05, 0) is 19.2 Å². The van der Waals surface area contributed by atoms with Gasteiger partial charge in [-0.3, -0.25) is 4.90 Å². The van der Waals surface area contributed by atoms with Gasteiger partial charge in [0, 0.05) is 18.3 Å². The van der Waals surface area contributed by atoms with Crippen LogP contribution in [0.25, 0.3) is 0 Å². The van der Waals surface area contributed by atoms with Crippen molar-refractivity contribution >= 4 is 11.8 Å². The quantitative estimate of drug-likeness (QED) is 0.713. The molecule has 1 N–H and O–H groups in total. The van der Waals surface area contributed by atoms with Gasteiger partial charge < -0.3 is 5.11 Å². The van der Waals surface area contributed by atoms with E-state index >= 15 is 0 Å². The van der Waals surface area contributed by atoms with Crippen LogP contribution in [0, 0.1) is 0 Å². The van der Waals surface area contributed by atoms with E-state index in [2.05, 4.69) is 4.90 Å². The van der Waals surface area contributed by atoms with Crippen LogP contribution in [0.15, 0.2) is 0 Å². The molecule has 0 aromatic rings. The number of aliphatic hydroxyl groups is 1. The maximum absolute atomic E-state index is 12.0. The van der Waals surface area contributed by atoms with Crippen molar-refractivity contribution in [1.82, 2.24) is 4.90 Å². The van der Waals surface area contributed by atoms with Gasteiger partial charge in [0.2, 0.25) is 0 Å². The molecular formula is C8H16FNOS. The molecule has 0 saturated carbocycles. The lowest BCUT2D eigenvalue weighted by atomic mass is 10.2. The molecular weight excluding hydrogens is 177 g/mol. The topological polar surface area (TPSA) is 23.5 Å². The van der Waals surface area contributed by atoms with E-state index in [9.17, 15) is 4.39 Å². The number of likely N-dealkylation sites (N-methyl/N-ethyl adjacent to an activating group) is 1. The summed E-state index contributed by atoms with van der Waals surface area (Å²) in [5.41, 5.74) is 0. The number of aliphatic hydroxyl groups excluding tert-OH is 1. The van der Waals surface area contributed by atoms with Crippen LogP contribution in [-0.2, 0) is 0 Å². The molecule has 2 nitrogen and oxygen atoms in total. The normalized spacial score (nSPS) is 26.5. The Kier molecular flexibility index (Phi) is 4.32. The van der Waals surface area contributed by atoms with Crippen LogP contribution in [0.1, 0.15) is 6.42 Å². The Morgan fingerprint density at radius 1 is 1.75 bits per heavy atom. The Balaban J connectivity index is 2.21. The fourth-order valence-electron chi connectivity index (χ4n) is 1.40. The van der Waals surface area contributed by atoms with Gasteiger partial charge in [0.25, 0.3) is 0 Å². The maximum atomic E-state index is 12.0. The van der Waals surface area contributed by atoms with E-state index in [0.29, 0.717) is 12.6 Å². The Labute approximate surface area is 77.1 Å². The summed E-state index contributed by atoms with van der Waals surface area (Å²) >= 11 is 1.93. The molecule has 1 heterocycles. The molecule has 1 fully saturated rings. The summed E-state index contributed by atoms with van der Waals surface area (Å²) in [6.07, 6.45) is 0.362. The number of hydrogen-bond acceptors (Lipinski definition) is 3. The number of nitrogens with zero attached hydrogens (tertiary/aromatic N) is 1. The van der Waals surface area contributed by atoms with E-state index < -0.39 is 12.8 Å². The third kappa shape index (κ3) is 2.92. The third-order valence-electron chi connectivity index (χ3n) is 2.21. The maximum Gasteiger partial charge on any atom is 0.117 e. The lowest BCUT2D eigenvalue weighted by Crippen LogP contribution is -2.38.